The lowest BCUT2D eigenvalue weighted by atomic mass is 10.2. The molecular formula is C8H9BrN2O2S. The molecule has 1 aliphatic rings. The maximum absolute atomic E-state index is 11.4. The Balaban J connectivity index is 2.56. The molecule has 4 nitrogen and oxygen atoms in total. The van der Waals surface area contributed by atoms with Crippen molar-refractivity contribution in [2.24, 2.45) is 0 Å². The molecule has 0 aromatic carbocycles. The average molecular weight is 277 g/mol. The quantitative estimate of drug-likeness (QED) is 0.774. The van der Waals surface area contributed by atoms with Crippen LogP contribution in [-0.4, -0.2) is 26.2 Å². The second kappa shape index (κ2) is 3.20. The largest absolute Gasteiger partial charge is 0.268 e. The van der Waals surface area contributed by atoms with Crippen molar-refractivity contribution < 1.29 is 8.42 Å². The monoisotopic (exact) mass is 276 g/mol. The third kappa shape index (κ3) is 1.52. The molecule has 0 radical (unpaired) electrons. The van der Waals surface area contributed by atoms with Crippen molar-refractivity contribution in [2.45, 2.75) is 6.42 Å². The van der Waals surface area contributed by atoms with E-state index in [1.807, 2.05) is 0 Å². The summed E-state index contributed by atoms with van der Waals surface area (Å²) in [6, 6.07) is 0. The number of pyridine rings is 1. The summed E-state index contributed by atoms with van der Waals surface area (Å²) in [4.78, 5) is 3.97. The molecule has 0 bridgehead atoms. The predicted octanol–water partition coefficient (Wildman–Crippen LogP) is 1.17. The van der Waals surface area contributed by atoms with E-state index in [0.29, 0.717) is 12.2 Å². The molecule has 0 saturated carbocycles. The Bertz CT molecular complexity index is 472. The molecule has 0 amide bonds. The van der Waals surface area contributed by atoms with Crippen LogP contribution in [0.4, 0.5) is 5.69 Å². The second-order valence-corrected chi connectivity index (χ2v) is 5.97. The molecule has 0 unspecified atom stereocenters. The van der Waals surface area contributed by atoms with Gasteiger partial charge in [-0.25, -0.2) is 8.42 Å². The van der Waals surface area contributed by atoms with E-state index in [0.717, 1.165) is 16.5 Å². The summed E-state index contributed by atoms with van der Waals surface area (Å²) in [5, 5.41) is 0. The summed E-state index contributed by atoms with van der Waals surface area (Å²) >= 11 is 3.36. The molecule has 1 aliphatic heterocycles. The summed E-state index contributed by atoms with van der Waals surface area (Å²) in [5.41, 5.74) is 1.72. The summed E-state index contributed by atoms with van der Waals surface area (Å²) < 4.78 is 25.0. The van der Waals surface area contributed by atoms with Gasteiger partial charge in [0.15, 0.2) is 0 Å². The molecular weight excluding hydrogens is 268 g/mol. The number of hydrogen-bond donors (Lipinski definition) is 0. The smallest absolute Gasteiger partial charge is 0.232 e. The molecule has 0 saturated heterocycles. The van der Waals surface area contributed by atoms with E-state index >= 15 is 0 Å². The van der Waals surface area contributed by atoms with Crippen LogP contribution in [0.5, 0.6) is 0 Å². The van der Waals surface area contributed by atoms with Crippen LogP contribution in [0, 0.1) is 0 Å². The number of rotatable bonds is 1. The highest BCUT2D eigenvalue weighted by atomic mass is 79.9. The molecule has 1 aromatic heterocycles. The minimum Gasteiger partial charge on any atom is -0.268 e. The molecule has 6 heteroatoms. The van der Waals surface area contributed by atoms with Gasteiger partial charge in [0.25, 0.3) is 0 Å². The molecule has 2 rings (SSSR count). The first-order valence-electron chi connectivity index (χ1n) is 4.10. The first kappa shape index (κ1) is 9.92. The van der Waals surface area contributed by atoms with Gasteiger partial charge in [-0.3, -0.25) is 9.29 Å². The van der Waals surface area contributed by atoms with E-state index in [1.165, 1.54) is 10.6 Å². The third-order valence-corrected chi connectivity index (χ3v) is 4.08. The molecule has 76 valence electrons. The highest BCUT2D eigenvalue weighted by molar-refractivity contribution is 9.10. The Morgan fingerprint density at radius 2 is 2.21 bits per heavy atom. The summed E-state index contributed by atoms with van der Waals surface area (Å²) in [6.45, 7) is 0.512. The van der Waals surface area contributed by atoms with Gasteiger partial charge in [-0.2, -0.15) is 0 Å². The summed E-state index contributed by atoms with van der Waals surface area (Å²) in [6.07, 6.45) is 5.23. The fourth-order valence-corrected chi connectivity index (χ4v) is 3.05. The van der Waals surface area contributed by atoms with Crippen LogP contribution in [0.2, 0.25) is 0 Å². The van der Waals surface area contributed by atoms with Crippen LogP contribution in [0.25, 0.3) is 0 Å². The maximum Gasteiger partial charge on any atom is 0.232 e. The first-order valence-corrected chi connectivity index (χ1v) is 6.74. The SMILES string of the molecule is CS(=O)(=O)N1CCc2c(Br)cncc21. The summed E-state index contributed by atoms with van der Waals surface area (Å²) in [5.74, 6) is 0. The molecule has 14 heavy (non-hydrogen) atoms. The van der Waals surface area contributed by atoms with E-state index in [9.17, 15) is 8.42 Å². The van der Waals surface area contributed by atoms with Gasteiger partial charge in [0, 0.05) is 17.2 Å². The van der Waals surface area contributed by atoms with Gasteiger partial charge >= 0.3 is 0 Å². The third-order valence-electron chi connectivity index (χ3n) is 2.22. The zero-order chi connectivity index (χ0) is 10.3. The molecule has 0 N–H and O–H groups in total. The van der Waals surface area contributed by atoms with E-state index in [1.54, 1.807) is 12.4 Å². The topological polar surface area (TPSA) is 50.3 Å². The Morgan fingerprint density at radius 3 is 2.86 bits per heavy atom. The standard InChI is InChI=1S/C8H9BrN2O2S/c1-14(12,13)11-3-2-6-7(9)4-10-5-8(6)11/h4-5H,2-3H2,1H3. The van der Waals surface area contributed by atoms with Crippen LogP contribution in [-0.2, 0) is 16.4 Å². The van der Waals surface area contributed by atoms with Crippen LogP contribution >= 0.6 is 15.9 Å². The van der Waals surface area contributed by atoms with E-state index < -0.39 is 10.0 Å². The van der Waals surface area contributed by atoms with Crippen molar-refractivity contribution in [3.8, 4) is 0 Å². The van der Waals surface area contributed by atoms with Crippen molar-refractivity contribution in [1.82, 2.24) is 4.98 Å². The minimum atomic E-state index is -3.16. The molecule has 0 fully saturated rings. The van der Waals surface area contributed by atoms with Gasteiger partial charge in [0.2, 0.25) is 10.0 Å². The number of aromatic nitrogens is 1. The van der Waals surface area contributed by atoms with Crippen LogP contribution in [0.1, 0.15) is 5.56 Å². The zero-order valence-corrected chi connectivity index (χ0v) is 9.97. The molecule has 2 heterocycles. The van der Waals surface area contributed by atoms with E-state index in [-0.39, 0.29) is 0 Å². The molecule has 1 aromatic rings. The number of halogens is 1. The Kier molecular flexibility index (Phi) is 2.27. The number of sulfonamides is 1. The minimum absolute atomic E-state index is 0.512. The lowest BCUT2D eigenvalue weighted by molar-refractivity contribution is 0.598. The van der Waals surface area contributed by atoms with Gasteiger partial charge in [0.1, 0.15) is 0 Å². The lowest BCUT2D eigenvalue weighted by Crippen LogP contribution is -2.27. The number of hydrogen-bond acceptors (Lipinski definition) is 3. The number of anilines is 1. The van der Waals surface area contributed by atoms with Crippen LogP contribution < -0.4 is 4.31 Å². The Hall–Kier alpha value is -0.620. The number of fused-ring (bicyclic) bond motifs is 1. The van der Waals surface area contributed by atoms with Crippen molar-refractivity contribution >= 4 is 31.6 Å². The number of nitrogens with zero attached hydrogens (tertiary/aromatic N) is 2. The summed E-state index contributed by atoms with van der Waals surface area (Å²) in [7, 11) is -3.16. The van der Waals surface area contributed by atoms with Crippen molar-refractivity contribution in [1.29, 1.82) is 0 Å². The fourth-order valence-electron chi connectivity index (χ4n) is 1.59. The van der Waals surface area contributed by atoms with Crippen LogP contribution in [0.15, 0.2) is 16.9 Å². The highest BCUT2D eigenvalue weighted by Gasteiger charge is 2.27. The van der Waals surface area contributed by atoms with Gasteiger partial charge in [-0.15, -0.1) is 0 Å². The fraction of sp³-hybridized carbons (Fsp3) is 0.375. The van der Waals surface area contributed by atoms with Gasteiger partial charge in [-0.05, 0) is 27.9 Å². The van der Waals surface area contributed by atoms with Gasteiger partial charge in [0.05, 0.1) is 18.1 Å². The van der Waals surface area contributed by atoms with E-state index in [4.69, 9.17) is 0 Å². The van der Waals surface area contributed by atoms with Gasteiger partial charge in [-0.1, -0.05) is 0 Å². The molecule has 0 aliphatic carbocycles. The van der Waals surface area contributed by atoms with Crippen molar-refractivity contribution in [2.75, 3.05) is 17.1 Å². The molecule has 0 spiro atoms. The van der Waals surface area contributed by atoms with E-state index in [2.05, 4.69) is 20.9 Å². The highest BCUT2D eigenvalue weighted by Crippen LogP contribution is 2.33. The van der Waals surface area contributed by atoms with Gasteiger partial charge < -0.3 is 0 Å². The first-order chi connectivity index (χ1) is 6.50. The normalized spacial score (nSPS) is 15.7. The lowest BCUT2D eigenvalue weighted by Gasteiger charge is -2.15. The Morgan fingerprint density at radius 1 is 1.50 bits per heavy atom. The second-order valence-electron chi connectivity index (χ2n) is 3.20. The average Bonchev–Trinajstić information content (AvgIpc) is 2.47. The van der Waals surface area contributed by atoms with Crippen molar-refractivity contribution in [3.63, 3.8) is 0 Å². The molecule has 0 atom stereocenters. The van der Waals surface area contributed by atoms with Crippen LogP contribution in [0.3, 0.4) is 0 Å². The maximum atomic E-state index is 11.4. The zero-order valence-electron chi connectivity index (χ0n) is 7.57. The van der Waals surface area contributed by atoms with Crippen molar-refractivity contribution in [3.05, 3.63) is 22.4 Å². The Labute approximate surface area is 91.1 Å². The predicted molar refractivity (Wildman–Crippen MR) is 57.8 cm³/mol.